The number of likely N-dealkylation sites (tertiary alicyclic amines) is 1. The highest BCUT2D eigenvalue weighted by atomic mass is 19.4. The van der Waals surface area contributed by atoms with Gasteiger partial charge in [-0.05, 0) is 51.0 Å². The van der Waals surface area contributed by atoms with Gasteiger partial charge in [-0.25, -0.2) is 4.98 Å². The number of halogens is 3. The minimum Gasteiger partial charge on any atom is -0.381 e. The first-order chi connectivity index (χ1) is 14.8. The van der Waals surface area contributed by atoms with Crippen molar-refractivity contribution in [2.75, 3.05) is 20.2 Å². The number of carbonyl (C=O) groups is 1. The second-order valence-corrected chi connectivity index (χ2v) is 8.57. The van der Waals surface area contributed by atoms with Crippen LogP contribution in [0.1, 0.15) is 68.3 Å². The Morgan fingerprint density at radius 1 is 1.19 bits per heavy atom. The summed E-state index contributed by atoms with van der Waals surface area (Å²) in [5, 5.41) is 3.96. The van der Waals surface area contributed by atoms with Gasteiger partial charge >= 0.3 is 6.18 Å². The molecule has 0 spiro atoms. The average Bonchev–Trinajstić information content (AvgIpc) is 3.21. The molecule has 2 aliphatic rings. The Morgan fingerprint density at radius 3 is 2.45 bits per heavy atom. The molecule has 2 fully saturated rings. The zero-order valence-electron chi connectivity index (χ0n) is 17.9. The number of pyridine rings is 1. The molecule has 0 atom stereocenters. The van der Waals surface area contributed by atoms with Gasteiger partial charge in [-0.2, -0.15) is 13.2 Å². The second kappa shape index (κ2) is 8.76. The van der Waals surface area contributed by atoms with Crippen molar-refractivity contribution in [1.82, 2.24) is 15.0 Å². The van der Waals surface area contributed by atoms with E-state index in [1.807, 2.05) is 4.90 Å². The van der Waals surface area contributed by atoms with Crippen LogP contribution in [0, 0.1) is 5.92 Å². The number of ether oxygens (including phenoxy) is 1. The molecule has 31 heavy (non-hydrogen) atoms. The zero-order valence-corrected chi connectivity index (χ0v) is 17.9. The molecule has 2 aromatic heterocycles. The molecule has 0 bridgehead atoms. The van der Waals surface area contributed by atoms with Crippen molar-refractivity contribution < 1.29 is 27.2 Å². The minimum atomic E-state index is -4.51. The number of alkyl halides is 3. The van der Waals surface area contributed by atoms with Gasteiger partial charge in [0.15, 0.2) is 0 Å². The summed E-state index contributed by atoms with van der Waals surface area (Å²) in [6.07, 6.45) is 0.659. The average molecular weight is 439 g/mol. The standard InChI is InChI=1S/C22H28F3N3O3/c1-3-15-12-17(22(23,24)25)18-19(27-31-20(18)26-15)13-8-10-28(11-9-13)21(29)14-4-6-16(30-2)7-5-14/h12-14,16H,3-11H2,1-2H3. The highest BCUT2D eigenvalue weighted by Gasteiger charge is 2.38. The molecular weight excluding hydrogens is 411 g/mol. The Bertz CT molecular complexity index is 927. The summed E-state index contributed by atoms with van der Waals surface area (Å²) in [4.78, 5) is 19.0. The SMILES string of the molecule is CCc1cc(C(F)(F)F)c2c(C3CCN(C(=O)C4CCC(OC)CC4)CC3)noc2n1. The smallest absolute Gasteiger partial charge is 0.381 e. The van der Waals surface area contributed by atoms with E-state index in [-0.39, 0.29) is 34.9 Å². The summed E-state index contributed by atoms with van der Waals surface area (Å²) in [7, 11) is 1.70. The number of hydrogen-bond donors (Lipinski definition) is 0. The number of hydrogen-bond acceptors (Lipinski definition) is 5. The maximum absolute atomic E-state index is 13.7. The molecule has 3 heterocycles. The third kappa shape index (κ3) is 4.42. The van der Waals surface area contributed by atoms with Crippen molar-refractivity contribution in [3.63, 3.8) is 0 Å². The first-order valence-corrected chi connectivity index (χ1v) is 11.0. The summed E-state index contributed by atoms with van der Waals surface area (Å²) < 4.78 is 51.8. The van der Waals surface area contributed by atoms with E-state index in [1.165, 1.54) is 0 Å². The lowest BCUT2D eigenvalue weighted by Crippen LogP contribution is -2.42. The molecule has 4 rings (SSSR count). The van der Waals surface area contributed by atoms with E-state index in [0.717, 1.165) is 31.7 Å². The van der Waals surface area contributed by atoms with E-state index >= 15 is 0 Å². The topological polar surface area (TPSA) is 68.5 Å². The van der Waals surface area contributed by atoms with Gasteiger partial charge in [0, 0.05) is 37.7 Å². The summed E-state index contributed by atoms with van der Waals surface area (Å²) >= 11 is 0. The van der Waals surface area contributed by atoms with Crippen molar-refractivity contribution in [2.24, 2.45) is 5.92 Å². The van der Waals surface area contributed by atoms with Crippen LogP contribution in [0.4, 0.5) is 13.2 Å². The number of aryl methyl sites for hydroxylation is 1. The number of piperidine rings is 1. The highest BCUT2D eigenvalue weighted by Crippen LogP contribution is 2.41. The summed E-state index contributed by atoms with van der Waals surface area (Å²) in [5.74, 6) is -0.0162. The van der Waals surface area contributed by atoms with Gasteiger partial charge in [0.25, 0.3) is 5.71 Å². The lowest BCUT2D eigenvalue weighted by molar-refractivity contribution is -0.138. The number of carbonyl (C=O) groups excluding carboxylic acids is 1. The number of fused-ring (bicyclic) bond motifs is 1. The van der Waals surface area contributed by atoms with E-state index < -0.39 is 11.7 Å². The molecule has 0 radical (unpaired) electrons. The molecule has 9 heteroatoms. The lowest BCUT2D eigenvalue weighted by atomic mass is 9.85. The highest BCUT2D eigenvalue weighted by molar-refractivity contribution is 5.82. The molecule has 0 N–H and O–H groups in total. The third-order valence-corrected chi connectivity index (χ3v) is 6.74. The quantitative estimate of drug-likeness (QED) is 0.690. The van der Waals surface area contributed by atoms with Crippen molar-refractivity contribution >= 4 is 17.0 Å². The van der Waals surface area contributed by atoms with Crippen LogP contribution in [0.3, 0.4) is 0 Å². The first-order valence-electron chi connectivity index (χ1n) is 11.0. The minimum absolute atomic E-state index is 0.0179. The van der Waals surface area contributed by atoms with Crippen LogP contribution in [0.5, 0.6) is 0 Å². The van der Waals surface area contributed by atoms with Gasteiger partial charge in [-0.1, -0.05) is 12.1 Å². The van der Waals surface area contributed by atoms with E-state index in [1.54, 1.807) is 14.0 Å². The molecule has 0 unspecified atom stereocenters. The zero-order chi connectivity index (χ0) is 22.2. The van der Waals surface area contributed by atoms with Gasteiger partial charge in [-0.15, -0.1) is 0 Å². The fourth-order valence-electron chi connectivity index (χ4n) is 4.88. The first kappa shape index (κ1) is 22.0. The molecule has 1 saturated heterocycles. The molecule has 2 aromatic rings. The summed E-state index contributed by atoms with van der Waals surface area (Å²) in [5.41, 5.74) is -0.162. The summed E-state index contributed by atoms with van der Waals surface area (Å²) in [6, 6.07) is 1.10. The van der Waals surface area contributed by atoms with Crippen molar-refractivity contribution in [3.05, 3.63) is 23.0 Å². The van der Waals surface area contributed by atoms with Gasteiger partial charge in [0.1, 0.15) is 0 Å². The molecule has 1 saturated carbocycles. The van der Waals surface area contributed by atoms with Gasteiger partial charge in [0.05, 0.1) is 22.7 Å². The fourth-order valence-corrected chi connectivity index (χ4v) is 4.88. The molecule has 1 aliphatic heterocycles. The van der Waals surface area contributed by atoms with E-state index in [0.29, 0.717) is 43.7 Å². The molecule has 0 aromatic carbocycles. The van der Waals surface area contributed by atoms with E-state index in [2.05, 4.69) is 10.1 Å². The third-order valence-electron chi connectivity index (χ3n) is 6.74. The Labute approximate surface area is 179 Å². The molecule has 170 valence electrons. The van der Waals surface area contributed by atoms with Crippen molar-refractivity contribution in [3.8, 4) is 0 Å². The molecule has 6 nitrogen and oxygen atoms in total. The van der Waals surface area contributed by atoms with Gasteiger partial charge < -0.3 is 14.2 Å². The Hall–Kier alpha value is -2.16. The fraction of sp³-hybridized carbons (Fsp3) is 0.682. The van der Waals surface area contributed by atoms with E-state index in [9.17, 15) is 18.0 Å². The second-order valence-electron chi connectivity index (χ2n) is 8.57. The predicted octanol–water partition coefficient (Wildman–Crippen LogP) is 4.72. The van der Waals surface area contributed by atoms with Crippen LogP contribution in [0.15, 0.2) is 10.6 Å². The molecular formula is C22H28F3N3O3. The van der Waals surface area contributed by atoms with Gasteiger partial charge in [-0.3, -0.25) is 4.79 Å². The predicted molar refractivity (Wildman–Crippen MR) is 107 cm³/mol. The van der Waals surface area contributed by atoms with Crippen LogP contribution >= 0.6 is 0 Å². The van der Waals surface area contributed by atoms with Crippen molar-refractivity contribution in [1.29, 1.82) is 0 Å². The van der Waals surface area contributed by atoms with Gasteiger partial charge in [0.2, 0.25) is 5.91 Å². The number of amides is 1. The van der Waals surface area contributed by atoms with Crippen LogP contribution in [0.2, 0.25) is 0 Å². The molecule has 1 aliphatic carbocycles. The maximum atomic E-state index is 13.7. The summed E-state index contributed by atoms with van der Waals surface area (Å²) in [6.45, 7) is 2.79. The lowest BCUT2D eigenvalue weighted by Gasteiger charge is -2.35. The Balaban J connectivity index is 1.48. The number of rotatable bonds is 4. The van der Waals surface area contributed by atoms with Crippen LogP contribution in [-0.4, -0.2) is 47.3 Å². The monoisotopic (exact) mass is 439 g/mol. The normalized spacial score (nSPS) is 23.5. The number of methoxy groups -OCH3 is 1. The molecule has 1 amide bonds. The largest absolute Gasteiger partial charge is 0.417 e. The number of nitrogens with zero attached hydrogens (tertiary/aromatic N) is 3. The van der Waals surface area contributed by atoms with Crippen LogP contribution in [-0.2, 0) is 22.1 Å². The van der Waals surface area contributed by atoms with E-state index in [4.69, 9.17) is 9.26 Å². The Morgan fingerprint density at radius 2 is 1.87 bits per heavy atom. The van der Waals surface area contributed by atoms with Crippen LogP contribution in [0.25, 0.3) is 11.1 Å². The maximum Gasteiger partial charge on any atom is 0.417 e. The Kier molecular flexibility index (Phi) is 6.23. The van der Waals surface area contributed by atoms with Crippen molar-refractivity contribution in [2.45, 2.75) is 70.1 Å². The van der Waals surface area contributed by atoms with Crippen LogP contribution < -0.4 is 0 Å². The number of aromatic nitrogens is 2.